The quantitative estimate of drug-likeness (QED) is 0.200. The molecule has 1 heteroatoms. The van der Waals surface area contributed by atoms with Gasteiger partial charge in [0.15, 0.2) is 0 Å². The standard InChI is InChI=1S/C20H36O/c1-3-5-7-8-9-10-11-12-13-14-16-18-20-19(21-20)17-15-6-4-2/h6,14-16,19-20H,3-5,7-13,17-18H2,1-2H3/b15-6-,16-14-/t19-,20+/m1/s1. The molecule has 0 aromatic heterocycles. The van der Waals surface area contributed by atoms with Gasteiger partial charge in [-0.15, -0.1) is 0 Å². The van der Waals surface area contributed by atoms with E-state index < -0.39 is 0 Å². The van der Waals surface area contributed by atoms with Crippen LogP contribution < -0.4 is 0 Å². The summed E-state index contributed by atoms with van der Waals surface area (Å²) in [5.74, 6) is 0. The molecule has 2 atom stereocenters. The molecule has 21 heavy (non-hydrogen) atoms. The van der Waals surface area contributed by atoms with Crippen LogP contribution in [0.25, 0.3) is 0 Å². The Kier molecular flexibility index (Phi) is 11.6. The van der Waals surface area contributed by atoms with Gasteiger partial charge in [0, 0.05) is 0 Å². The van der Waals surface area contributed by atoms with Gasteiger partial charge < -0.3 is 4.74 Å². The second kappa shape index (κ2) is 13.1. The summed E-state index contributed by atoms with van der Waals surface area (Å²) in [6.07, 6.45) is 26.1. The van der Waals surface area contributed by atoms with E-state index in [2.05, 4.69) is 38.2 Å². The molecule has 0 spiro atoms. The third-order valence-electron chi connectivity index (χ3n) is 4.22. The largest absolute Gasteiger partial charge is 0.369 e. The zero-order valence-electron chi connectivity index (χ0n) is 14.4. The Morgan fingerprint density at radius 1 is 0.667 bits per heavy atom. The van der Waals surface area contributed by atoms with E-state index >= 15 is 0 Å². The highest BCUT2D eigenvalue weighted by Crippen LogP contribution is 2.29. The zero-order chi connectivity index (χ0) is 15.2. The Morgan fingerprint density at radius 2 is 1.24 bits per heavy atom. The molecule has 1 fully saturated rings. The fourth-order valence-corrected chi connectivity index (χ4v) is 2.74. The molecule has 0 aromatic carbocycles. The van der Waals surface area contributed by atoms with E-state index in [0.29, 0.717) is 12.2 Å². The summed E-state index contributed by atoms with van der Waals surface area (Å²) in [5.41, 5.74) is 0. The van der Waals surface area contributed by atoms with Crippen molar-refractivity contribution in [1.82, 2.24) is 0 Å². The lowest BCUT2D eigenvalue weighted by Crippen LogP contribution is -1.90. The number of hydrogen-bond donors (Lipinski definition) is 0. The van der Waals surface area contributed by atoms with Crippen LogP contribution in [-0.2, 0) is 4.74 Å². The second-order valence-corrected chi connectivity index (χ2v) is 6.30. The second-order valence-electron chi connectivity index (χ2n) is 6.30. The highest BCUT2D eigenvalue weighted by molar-refractivity contribution is 4.97. The Hall–Kier alpha value is -0.560. The maximum Gasteiger partial charge on any atom is 0.0879 e. The van der Waals surface area contributed by atoms with E-state index in [4.69, 9.17) is 4.74 Å². The Morgan fingerprint density at radius 3 is 1.86 bits per heavy atom. The molecule has 0 unspecified atom stereocenters. The topological polar surface area (TPSA) is 12.5 Å². The molecule has 1 aliphatic heterocycles. The number of hydrogen-bond acceptors (Lipinski definition) is 1. The predicted octanol–water partition coefficient (Wildman–Crippen LogP) is 6.59. The first kappa shape index (κ1) is 18.5. The Labute approximate surface area is 132 Å². The van der Waals surface area contributed by atoms with Gasteiger partial charge in [-0.25, -0.2) is 0 Å². The minimum absolute atomic E-state index is 0.501. The van der Waals surface area contributed by atoms with Crippen LogP contribution in [0.5, 0.6) is 0 Å². The van der Waals surface area contributed by atoms with Gasteiger partial charge in [0.2, 0.25) is 0 Å². The van der Waals surface area contributed by atoms with Crippen LogP contribution in [0.4, 0.5) is 0 Å². The van der Waals surface area contributed by atoms with Gasteiger partial charge in [-0.1, -0.05) is 83.1 Å². The van der Waals surface area contributed by atoms with Crippen LogP contribution in [-0.4, -0.2) is 12.2 Å². The molecule has 122 valence electrons. The first-order valence-electron chi connectivity index (χ1n) is 9.34. The van der Waals surface area contributed by atoms with Crippen LogP contribution in [0, 0.1) is 0 Å². The van der Waals surface area contributed by atoms with Gasteiger partial charge in [0.25, 0.3) is 0 Å². The maximum absolute atomic E-state index is 5.65. The van der Waals surface area contributed by atoms with Crippen LogP contribution in [0.3, 0.4) is 0 Å². The molecule has 0 N–H and O–H groups in total. The first-order chi connectivity index (χ1) is 10.4. The van der Waals surface area contributed by atoms with E-state index in [1.165, 1.54) is 57.8 Å². The summed E-state index contributed by atoms with van der Waals surface area (Å²) in [5, 5.41) is 0. The molecule has 1 nitrogen and oxygen atoms in total. The fourth-order valence-electron chi connectivity index (χ4n) is 2.74. The minimum atomic E-state index is 0.501. The summed E-state index contributed by atoms with van der Waals surface area (Å²) >= 11 is 0. The highest BCUT2D eigenvalue weighted by Gasteiger charge is 2.35. The van der Waals surface area contributed by atoms with Crippen molar-refractivity contribution in [2.45, 2.75) is 103 Å². The SMILES string of the molecule is CC/C=C\C[C@H]1O[C@H]1C/C=C\CCCCCCCCCC. The smallest absolute Gasteiger partial charge is 0.0879 e. The van der Waals surface area contributed by atoms with Crippen LogP contribution in [0.2, 0.25) is 0 Å². The van der Waals surface area contributed by atoms with Gasteiger partial charge >= 0.3 is 0 Å². The van der Waals surface area contributed by atoms with E-state index in [9.17, 15) is 0 Å². The molecule has 1 rings (SSSR count). The van der Waals surface area contributed by atoms with Crippen molar-refractivity contribution in [3.63, 3.8) is 0 Å². The lowest BCUT2D eigenvalue weighted by Gasteiger charge is -1.99. The predicted molar refractivity (Wildman–Crippen MR) is 93.7 cm³/mol. The molecular formula is C20H36O. The van der Waals surface area contributed by atoms with Gasteiger partial charge in [-0.2, -0.15) is 0 Å². The van der Waals surface area contributed by atoms with Gasteiger partial charge in [-0.3, -0.25) is 0 Å². The molecule has 1 aliphatic rings. The molecule has 0 aromatic rings. The molecular weight excluding hydrogens is 256 g/mol. The normalized spacial score (nSPS) is 21.6. The summed E-state index contributed by atoms with van der Waals surface area (Å²) in [4.78, 5) is 0. The molecule has 1 heterocycles. The summed E-state index contributed by atoms with van der Waals surface area (Å²) in [7, 11) is 0. The molecule has 0 radical (unpaired) electrons. The van der Waals surface area contributed by atoms with Gasteiger partial charge in [0.05, 0.1) is 12.2 Å². The lowest BCUT2D eigenvalue weighted by molar-refractivity contribution is 0.372. The van der Waals surface area contributed by atoms with Crippen molar-refractivity contribution < 1.29 is 4.74 Å². The van der Waals surface area contributed by atoms with Gasteiger partial charge in [-0.05, 0) is 32.1 Å². The third kappa shape index (κ3) is 10.8. The first-order valence-corrected chi connectivity index (χ1v) is 9.34. The summed E-state index contributed by atoms with van der Waals surface area (Å²) < 4.78 is 5.65. The average molecular weight is 293 g/mol. The highest BCUT2D eigenvalue weighted by atomic mass is 16.6. The summed E-state index contributed by atoms with van der Waals surface area (Å²) in [6.45, 7) is 4.46. The van der Waals surface area contributed by atoms with E-state index in [0.717, 1.165) is 19.3 Å². The lowest BCUT2D eigenvalue weighted by atomic mass is 10.1. The Bertz CT molecular complexity index is 280. The van der Waals surface area contributed by atoms with E-state index in [1.54, 1.807) is 0 Å². The van der Waals surface area contributed by atoms with Crippen LogP contribution in [0.15, 0.2) is 24.3 Å². The Balaban J connectivity index is 1.81. The number of allylic oxidation sites excluding steroid dienone is 2. The third-order valence-corrected chi connectivity index (χ3v) is 4.22. The van der Waals surface area contributed by atoms with E-state index in [-0.39, 0.29) is 0 Å². The van der Waals surface area contributed by atoms with Crippen molar-refractivity contribution >= 4 is 0 Å². The van der Waals surface area contributed by atoms with Crippen molar-refractivity contribution in [2.75, 3.05) is 0 Å². The number of ether oxygens (including phenoxy) is 1. The van der Waals surface area contributed by atoms with Crippen LogP contribution >= 0.6 is 0 Å². The average Bonchev–Trinajstić information content (AvgIpc) is 3.23. The molecule has 1 saturated heterocycles. The molecule has 0 aliphatic carbocycles. The monoisotopic (exact) mass is 292 g/mol. The molecule has 0 saturated carbocycles. The van der Waals surface area contributed by atoms with Crippen molar-refractivity contribution in [2.24, 2.45) is 0 Å². The number of epoxide rings is 1. The zero-order valence-corrected chi connectivity index (χ0v) is 14.4. The van der Waals surface area contributed by atoms with Crippen LogP contribution in [0.1, 0.15) is 90.9 Å². The number of rotatable bonds is 14. The van der Waals surface area contributed by atoms with E-state index in [1.807, 2.05) is 0 Å². The van der Waals surface area contributed by atoms with Crippen molar-refractivity contribution in [1.29, 1.82) is 0 Å². The van der Waals surface area contributed by atoms with Crippen molar-refractivity contribution in [3.8, 4) is 0 Å². The number of unbranched alkanes of at least 4 members (excludes halogenated alkanes) is 8. The molecule has 0 amide bonds. The van der Waals surface area contributed by atoms with Crippen molar-refractivity contribution in [3.05, 3.63) is 24.3 Å². The maximum atomic E-state index is 5.65. The minimum Gasteiger partial charge on any atom is -0.369 e. The fraction of sp³-hybridized carbons (Fsp3) is 0.800. The molecule has 0 bridgehead atoms. The van der Waals surface area contributed by atoms with Gasteiger partial charge in [0.1, 0.15) is 0 Å². The summed E-state index contributed by atoms with van der Waals surface area (Å²) in [6, 6.07) is 0.